The van der Waals surface area contributed by atoms with Crippen molar-refractivity contribution in [2.24, 2.45) is 45.3 Å². The number of hydrogen-bond donors (Lipinski definition) is 6. The lowest BCUT2D eigenvalue weighted by Crippen LogP contribution is -2.64. The van der Waals surface area contributed by atoms with E-state index in [-0.39, 0.29) is 28.8 Å². The molecule has 0 aromatic heterocycles. The first-order valence-corrected chi connectivity index (χ1v) is 17.3. The molecule has 9 heteroatoms. The Morgan fingerprint density at radius 1 is 1.00 bits per heavy atom. The van der Waals surface area contributed by atoms with Gasteiger partial charge >= 0.3 is 0 Å². The van der Waals surface area contributed by atoms with Gasteiger partial charge in [-0.05, 0) is 93.3 Å². The fourth-order valence-electron chi connectivity index (χ4n) is 10.9. The summed E-state index contributed by atoms with van der Waals surface area (Å²) in [7, 11) is 0. The molecule has 0 spiro atoms. The summed E-state index contributed by atoms with van der Waals surface area (Å²) in [5.74, 6) is 1.34. The monoisotopic (exact) mass is 636 g/mol. The highest BCUT2D eigenvalue weighted by atomic mass is 16.7. The molecule has 3 saturated carbocycles. The molecule has 4 aliphatic carbocycles. The number of aliphatic hydroxyl groups is 6. The van der Waals surface area contributed by atoms with E-state index < -0.39 is 59.8 Å². The SMILES string of the molecule is CC(CCC(O)C(C)(C)O)C1CCC2(C)C3CC=C4C(CCC(OC5OC(CO)C(O)C(O)C5O)C4(C)C)C3(C)C(=O)CC12C. The van der Waals surface area contributed by atoms with E-state index >= 15 is 0 Å². The van der Waals surface area contributed by atoms with Crippen LogP contribution in [0.2, 0.25) is 0 Å². The number of aliphatic hydroxyl groups excluding tert-OH is 5. The van der Waals surface area contributed by atoms with E-state index in [0.29, 0.717) is 36.9 Å². The summed E-state index contributed by atoms with van der Waals surface area (Å²) >= 11 is 0. The Balaban J connectivity index is 1.37. The summed E-state index contributed by atoms with van der Waals surface area (Å²) in [4.78, 5) is 14.6. The number of allylic oxidation sites excluding steroid dienone is 1. The van der Waals surface area contributed by atoms with Crippen LogP contribution in [0.1, 0.15) is 107 Å². The highest BCUT2D eigenvalue weighted by Crippen LogP contribution is 2.74. The van der Waals surface area contributed by atoms with Crippen molar-refractivity contribution in [3.8, 4) is 0 Å². The standard InChI is InChI=1S/C36H60O9/c1-19(9-13-25(38)33(4,5)43)20-15-16-34(6)24-12-10-21-22(36(24,8)26(39)17-35(20,34)7)11-14-27(32(21,2)3)45-31-30(42)29(41)28(40)23(18-37)44-31/h10,19-20,22-25,27-31,37-38,40-43H,9,11-18H2,1-8H3. The molecule has 0 aromatic carbocycles. The maximum Gasteiger partial charge on any atom is 0.187 e. The van der Waals surface area contributed by atoms with Crippen molar-refractivity contribution < 1.29 is 44.9 Å². The zero-order valence-electron chi connectivity index (χ0n) is 28.7. The number of rotatable bonds is 8. The van der Waals surface area contributed by atoms with E-state index in [4.69, 9.17) is 9.47 Å². The number of ketones is 1. The van der Waals surface area contributed by atoms with E-state index in [9.17, 15) is 35.4 Å². The average Bonchev–Trinajstić information content (AvgIpc) is 3.23. The van der Waals surface area contributed by atoms with Crippen LogP contribution >= 0.6 is 0 Å². The van der Waals surface area contributed by atoms with E-state index in [1.807, 2.05) is 0 Å². The molecule has 9 nitrogen and oxygen atoms in total. The van der Waals surface area contributed by atoms with E-state index in [1.54, 1.807) is 13.8 Å². The van der Waals surface area contributed by atoms with Crippen LogP contribution in [-0.4, -0.2) is 91.5 Å². The van der Waals surface area contributed by atoms with Crippen molar-refractivity contribution in [2.45, 2.75) is 155 Å². The molecule has 0 amide bonds. The third-order valence-corrected chi connectivity index (χ3v) is 14.2. The average molecular weight is 637 g/mol. The molecule has 0 radical (unpaired) electrons. The van der Waals surface area contributed by atoms with Crippen LogP contribution in [0, 0.1) is 45.3 Å². The van der Waals surface area contributed by atoms with Crippen LogP contribution < -0.4 is 0 Å². The van der Waals surface area contributed by atoms with E-state index in [0.717, 1.165) is 32.1 Å². The topological polar surface area (TPSA) is 157 Å². The number of ether oxygens (including phenoxy) is 2. The molecule has 1 heterocycles. The van der Waals surface area contributed by atoms with Gasteiger partial charge in [-0.3, -0.25) is 4.79 Å². The van der Waals surface area contributed by atoms with Crippen LogP contribution in [0.5, 0.6) is 0 Å². The van der Waals surface area contributed by atoms with E-state index in [1.165, 1.54) is 5.57 Å². The molecule has 1 saturated heterocycles. The molecular formula is C36H60O9. The lowest BCUT2D eigenvalue weighted by atomic mass is 9.38. The van der Waals surface area contributed by atoms with Crippen LogP contribution in [-0.2, 0) is 14.3 Å². The maximum atomic E-state index is 14.6. The molecule has 14 unspecified atom stereocenters. The predicted molar refractivity (Wildman–Crippen MR) is 169 cm³/mol. The van der Waals surface area contributed by atoms with Gasteiger partial charge in [-0.25, -0.2) is 0 Å². The quantitative estimate of drug-likeness (QED) is 0.220. The molecule has 5 aliphatic rings. The fourth-order valence-corrected chi connectivity index (χ4v) is 10.9. The first-order valence-electron chi connectivity index (χ1n) is 17.3. The molecule has 4 fully saturated rings. The van der Waals surface area contributed by atoms with E-state index in [2.05, 4.69) is 47.6 Å². The highest BCUT2D eigenvalue weighted by Gasteiger charge is 2.70. The lowest BCUT2D eigenvalue weighted by Gasteiger charge is -2.65. The van der Waals surface area contributed by atoms with Gasteiger partial charge in [0.1, 0.15) is 30.2 Å². The summed E-state index contributed by atoms with van der Waals surface area (Å²) in [6.07, 6.45) is 0.905. The lowest BCUT2D eigenvalue weighted by molar-refractivity contribution is -0.319. The van der Waals surface area contributed by atoms with Gasteiger partial charge in [0.2, 0.25) is 0 Å². The van der Waals surface area contributed by atoms with Crippen molar-refractivity contribution in [3.63, 3.8) is 0 Å². The smallest absolute Gasteiger partial charge is 0.187 e. The van der Waals surface area contributed by atoms with Gasteiger partial charge in [0.05, 0.1) is 24.4 Å². The van der Waals surface area contributed by atoms with Crippen molar-refractivity contribution in [3.05, 3.63) is 11.6 Å². The number of carbonyl (C=O) groups excluding carboxylic acids is 1. The van der Waals surface area contributed by atoms with Crippen molar-refractivity contribution in [1.29, 1.82) is 0 Å². The minimum Gasteiger partial charge on any atom is -0.394 e. The fraction of sp³-hybridized carbons (Fsp3) is 0.917. The summed E-state index contributed by atoms with van der Waals surface area (Å²) in [5, 5.41) is 61.6. The van der Waals surface area contributed by atoms with Gasteiger partial charge < -0.3 is 40.1 Å². The number of Topliss-reactive ketones (excluding diaryl/α,β-unsaturated/α-hetero) is 1. The Bertz CT molecular complexity index is 1140. The molecule has 45 heavy (non-hydrogen) atoms. The zero-order valence-corrected chi connectivity index (χ0v) is 28.7. The zero-order chi connectivity index (χ0) is 33.5. The number of fused-ring (bicyclic) bond motifs is 5. The molecule has 6 N–H and O–H groups in total. The highest BCUT2D eigenvalue weighted by molar-refractivity contribution is 5.88. The second-order valence-electron chi connectivity index (χ2n) is 17.2. The second-order valence-corrected chi connectivity index (χ2v) is 17.2. The van der Waals surface area contributed by atoms with Crippen LogP contribution in [0.15, 0.2) is 11.6 Å². The van der Waals surface area contributed by atoms with Crippen molar-refractivity contribution in [1.82, 2.24) is 0 Å². The first-order chi connectivity index (χ1) is 20.7. The summed E-state index contributed by atoms with van der Waals surface area (Å²) in [6.45, 7) is 16.3. The molecule has 14 atom stereocenters. The third-order valence-electron chi connectivity index (χ3n) is 14.2. The maximum absolute atomic E-state index is 14.6. The largest absolute Gasteiger partial charge is 0.394 e. The molecule has 5 rings (SSSR count). The predicted octanol–water partition coefficient (Wildman–Crippen LogP) is 3.50. The normalized spacial score (nSPS) is 47.7. The van der Waals surface area contributed by atoms with Gasteiger partial charge in [0.25, 0.3) is 0 Å². The Labute approximate surface area is 269 Å². The summed E-state index contributed by atoms with van der Waals surface area (Å²) < 4.78 is 12.0. The van der Waals surface area contributed by atoms with Crippen molar-refractivity contribution in [2.75, 3.05) is 6.61 Å². The second kappa shape index (κ2) is 11.9. The van der Waals surface area contributed by atoms with Crippen LogP contribution in [0.4, 0.5) is 0 Å². The molecule has 258 valence electrons. The number of carbonyl (C=O) groups is 1. The Kier molecular flexibility index (Phi) is 9.36. The molecule has 0 aromatic rings. The van der Waals surface area contributed by atoms with Gasteiger partial charge in [-0.1, -0.05) is 53.2 Å². The van der Waals surface area contributed by atoms with Gasteiger partial charge in [-0.2, -0.15) is 0 Å². The summed E-state index contributed by atoms with van der Waals surface area (Å²) in [6, 6.07) is 0. The van der Waals surface area contributed by atoms with Gasteiger partial charge in [0.15, 0.2) is 6.29 Å². The Morgan fingerprint density at radius 2 is 1.67 bits per heavy atom. The van der Waals surface area contributed by atoms with Gasteiger partial charge in [-0.15, -0.1) is 0 Å². The van der Waals surface area contributed by atoms with Crippen LogP contribution in [0.25, 0.3) is 0 Å². The Hall–Kier alpha value is -0.910. The number of hydrogen-bond acceptors (Lipinski definition) is 9. The minimum atomic E-state index is -1.49. The van der Waals surface area contributed by atoms with Crippen LogP contribution in [0.3, 0.4) is 0 Å². The Morgan fingerprint density at radius 3 is 2.29 bits per heavy atom. The first kappa shape index (κ1) is 35.4. The van der Waals surface area contributed by atoms with Gasteiger partial charge in [0, 0.05) is 17.3 Å². The van der Waals surface area contributed by atoms with Crippen molar-refractivity contribution >= 4 is 5.78 Å². The summed E-state index contributed by atoms with van der Waals surface area (Å²) in [5.41, 5.74) is -1.04. The molecule has 1 aliphatic heterocycles. The molecular weight excluding hydrogens is 576 g/mol. The third kappa shape index (κ3) is 5.40. The molecule has 0 bridgehead atoms. The minimum absolute atomic E-state index is 0.0146.